The maximum absolute atomic E-state index is 13.9. The van der Waals surface area contributed by atoms with Crippen LogP contribution in [-0.2, 0) is 37.3 Å². The number of rotatable bonds is 9. The first-order valence-electron chi connectivity index (χ1n) is 11.8. The molecule has 2 aromatic rings. The molecule has 9 heteroatoms. The van der Waals surface area contributed by atoms with Crippen LogP contribution in [0.1, 0.15) is 44.7 Å². The van der Waals surface area contributed by atoms with E-state index in [2.05, 4.69) is 0 Å². The van der Waals surface area contributed by atoms with Crippen molar-refractivity contribution in [3.05, 3.63) is 47.5 Å². The van der Waals surface area contributed by atoms with Gasteiger partial charge in [-0.2, -0.15) is 0 Å². The highest BCUT2D eigenvalue weighted by molar-refractivity contribution is 7.93. The minimum atomic E-state index is -4.05. The van der Waals surface area contributed by atoms with Crippen LogP contribution in [0.25, 0.3) is 0 Å². The predicted octanol–water partition coefficient (Wildman–Crippen LogP) is 4.69. The fourth-order valence-electron chi connectivity index (χ4n) is 4.42. The number of nitrogens with one attached hydrogen (secondary N) is 1. The summed E-state index contributed by atoms with van der Waals surface area (Å²) in [4.78, 5) is 0.0474. The molecule has 34 heavy (non-hydrogen) atoms. The van der Waals surface area contributed by atoms with Gasteiger partial charge in [-0.3, -0.25) is 4.31 Å². The van der Waals surface area contributed by atoms with Crippen molar-refractivity contribution in [2.24, 2.45) is 11.8 Å². The standard InChI is InChI=1S/C25H37N3O4S2/c1-5-19-6-9-22(10-7-19)28(17-18(2)3)34(30,31)23-11-8-21(16-20-12-14-32-15-13-20)25(24(23)26)33(4,27)29/h6-11,18,20,27H,5,12-17,26H2,1-4H3. The zero-order chi connectivity index (χ0) is 25.1. The molecular weight excluding hydrogens is 470 g/mol. The van der Waals surface area contributed by atoms with E-state index in [0.717, 1.165) is 24.8 Å². The minimum absolute atomic E-state index is 0.0701. The Balaban J connectivity index is 2.10. The molecular formula is C25H37N3O4S2. The van der Waals surface area contributed by atoms with Gasteiger partial charge in [-0.15, -0.1) is 0 Å². The SMILES string of the molecule is CCc1ccc(N(CC(C)C)S(=O)(=O)c2ccc(CC3CCOCC3)c(S(C)(=N)=O)c2N)cc1. The van der Waals surface area contributed by atoms with E-state index >= 15 is 0 Å². The van der Waals surface area contributed by atoms with E-state index in [1.54, 1.807) is 6.07 Å². The Morgan fingerprint density at radius 3 is 2.24 bits per heavy atom. The van der Waals surface area contributed by atoms with Crippen LogP contribution in [0, 0.1) is 16.6 Å². The third-order valence-electron chi connectivity index (χ3n) is 6.21. The van der Waals surface area contributed by atoms with Crippen molar-refractivity contribution < 1.29 is 17.4 Å². The number of aryl methyl sites for hydroxylation is 1. The van der Waals surface area contributed by atoms with Gasteiger partial charge in [0.05, 0.1) is 26.0 Å². The summed E-state index contributed by atoms with van der Waals surface area (Å²) < 4.78 is 55.9. The van der Waals surface area contributed by atoms with E-state index in [1.165, 1.54) is 16.6 Å². The molecule has 1 aliphatic heterocycles. The molecule has 2 aromatic carbocycles. The highest BCUT2D eigenvalue weighted by Crippen LogP contribution is 2.36. The Hall–Kier alpha value is -2.10. The largest absolute Gasteiger partial charge is 0.397 e. The van der Waals surface area contributed by atoms with Gasteiger partial charge in [0.25, 0.3) is 10.0 Å². The van der Waals surface area contributed by atoms with Gasteiger partial charge in [0.1, 0.15) is 4.90 Å². The Bertz CT molecular complexity index is 1200. The third-order valence-corrected chi connectivity index (χ3v) is 9.32. The van der Waals surface area contributed by atoms with E-state index < -0.39 is 19.8 Å². The summed E-state index contributed by atoms with van der Waals surface area (Å²) in [6.45, 7) is 7.57. The van der Waals surface area contributed by atoms with Crippen molar-refractivity contribution in [3.8, 4) is 0 Å². The minimum Gasteiger partial charge on any atom is -0.397 e. The van der Waals surface area contributed by atoms with Crippen molar-refractivity contribution in [3.63, 3.8) is 0 Å². The lowest BCUT2D eigenvalue weighted by Crippen LogP contribution is -2.35. The van der Waals surface area contributed by atoms with Crippen LogP contribution in [0.15, 0.2) is 46.2 Å². The molecule has 1 aliphatic rings. The van der Waals surface area contributed by atoms with Crippen molar-refractivity contribution in [2.45, 2.75) is 56.2 Å². The van der Waals surface area contributed by atoms with Crippen molar-refractivity contribution >= 4 is 31.1 Å². The lowest BCUT2D eigenvalue weighted by molar-refractivity contribution is 0.0664. The molecule has 0 saturated carbocycles. The molecule has 0 aromatic heterocycles. The van der Waals surface area contributed by atoms with Crippen LogP contribution < -0.4 is 10.0 Å². The topological polar surface area (TPSA) is 114 Å². The van der Waals surface area contributed by atoms with Crippen LogP contribution in [0.3, 0.4) is 0 Å². The molecule has 1 fully saturated rings. The van der Waals surface area contributed by atoms with Gasteiger partial charge >= 0.3 is 0 Å². The van der Waals surface area contributed by atoms with E-state index in [1.807, 2.05) is 45.0 Å². The number of nitrogens with zero attached hydrogens (tertiary/aromatic N) is 1. The first-order valence-corrected chi connectivity index (χ1v) is 15.2. The summed E-state index contributed by atoms with van der Waals surface area (Å²) in [5.41, 5.74) is 8.71. The zero-order valence-electron chi connectivity index (χ0n) is 20.5. The summed E-state index contributed by atoms with van der Waals surface area (Å²) in [5, 5.41) is 0. The Kier molecular flexibility index (Phi) is 8.31. The highest BCUT2D eigenvalue weighted by atomic mass is 32.2. The monoisotopic (exact) mass is 507 g/mol. The Labute approximate surface area is 204 Å². The summed E-state index contributed by atoms with van der Waals surface area (Å²) >= 11 is 0. The van der Waals surface area contributed by atoms with Gasteiger partial charge in [-0.05, 0) is 66.8 Å². The van der Waals surface area contributed by atoms with Crippen LogP contribution in [0.5, 0.6) is 0 Å². The lowest BCUT2D eigenvalue weighted by Gasteiger charge is -2.28. The molecule has 3 N–H and O–H groups in total. The third kappa shape index (κ3) is 5.93. The van der Waals surface area contributed by atoms with Crippen LogP contribution in [0.2, 0.25) is 0 Å². The molecule has 0 radical (unpaired) electrons. The van der Waals surface area contributed by atoms with Crippen molar-refractivity contribution in [2.75, 3.05) is 36.1 Å². The number of nitrogens with two attached hydrogens (primary N) is 1. The summed E-state index contributed by atoms with van der Waals surface area (Å²) in [7, 11) is -7.31. The van der Waals surface area contributed by atoms with Gasteiger partial charge < -0.3 is 10.5 Å². The average Bonchev–Trinajstić information content (AvgIpc) is 2.77. The summed E-state index contributed by atoms with van der Waals surface area (Å²) in [5.74, 6) is 0.395. The first kappa shape index (κ1) is 26.5. The van der Waals surface area contributed by atoms with Crippen LogP contribution >= 0.6 is 0 Å². The van der Waals surface area contributed by atoms with Gasteiger partial charge in [-0.25, -0.2) is 17.4 Å². The van der Waals surface area contributed by atoms with E-state index in [4.69, 9.17) is 15.3 Å². The number of benzene rings is 2. The summed E-state index contributed by atoms with van der Waals surface area (Å²) in [6.07, 6.45) is 4.51. The Morgan fingerprint density at radius 2 is 1.71 bits per heavy atom. The quantitative estimate of drug-likeness (QED) is 0.478. The average molecular weight is 508 g/mol. The number of anilines is 2. The van der Waals surface area contributed by atoms with Crippen LogP contribution in [-0.4, -0.2) is 38.6 Å². The summed E-state index contributed by atoms with van der Waals surface area (Å²) in [6, 6.07) is 10.7. The molecule has 188 valence electrons. The van der Waals surface area contributed by atoms with Crippen molar-refractivity contribution in [1.29, 1.82) is 4.78 Å². The normalized spacial score (nSPS) is 17.0. The lowest BCUT2D eigenvalue weighted by atomic mass is 9.92. The van der Waals surface area contributed by atoms with E-state index in [9.17, 15) is 12.6 Å². The molecule has 1 heterocycles. The molecule has 1 unspecified atom stereocenters. The molecule has 0 bridgehead atoms. The molecule has 1 saturated heterocycles. The van der Waals surface area contributed by atoms with Gasteiger partial charge in [0.15, 0.2) is 0 Å². The van der Waals surface area contributed by atoms with Gasteiger partial charge in [0, 0.05) is 26.0 Å². The fourth-order valence-corrected chi connectivity index (χ4v) is 7.42. The van der Waals surface area contributed by atoms with E-state index in [0.29, 0.717) is 36.8 Å². The maximum atomic E-state index is 13.9. The second-order valence-electron chi connectivity index (χ2n) is 9.52. The van der Waals surface area contributed by atoms with Gasteiger partial charge in [0.2, 0.25) is 0 Å². The molecule has 0 amide bonds. The Morgan fingerprint density at radius 1 is 1.09 bits per heavy atom. The highest BCUT2D eigenvalue weighted by Gasteiger charge is 2.31. The second kappa shape index (κ2) is 10.7. The number of hydrogen-bond acceptors (Lipinski definition) is 6. The van der Waals surface area contributed by atoms with Gasteiger partial charge in [-0.1, -0.05) is 39.0 Å². The van der Waals surface area contributed by atoms with Crippen LogP contribution in [0.4, 0.5) is 11.4 Å². The first-order chi connectivity index (χ1) is 15.9. The van der Waals surface area contributed by atoms with Crippen molar-refractivity contribution in [1.82, 2.24) is 0 Å². The van der Waals surface area contributed by atoms with E-state index in [-0.39, 0.29) is 27.9 Å². The molecule has 7 nitrogen and oxygen atoms in total. The molecule has 0 aliphatic carbocycles. The fraction of sp³-hybridized carbons (Fsp3) is 0.520. The second-order valence-corrected chi connectivity index (χ2v) is 13.4. The molecule has 1 atom stereocenters. The number of nitrogen functional groups attached to an aromatic ring is 1. The number of ether oxygens (including phenoxy) is 1. The number of hydrogen-bond donors (Lipinski definition) is 2. The maximum Gasteiger partial charge on any atom is 0.266 e. The molecule has 0 spiro atoms. The smallest absolute Gasteiger partial charge is 0.266 e. The number of sulfonamides is 1. The molecule has 3 rings (SSSR count). The predicted molar refractivity (Wildman–Crippen MR) is 138 cm³/mol. The zero-order valence-corrected chi connectivity index (χ0v) is 22.2.